The van der Waals surface area contributed by atoms with Crippen LogP contribution in [0.2, 0.25) is 0 Å². The average molecular weight is 238 g/mol. The van der Waals surface area contributed by atoms with E-state index in [1.54, 1.807) is 0 Å². The average Bonchev–Trinajstić information content (AvgIpc) is 2.46. The standard InChI is InChI=1S/C17H18O/c1-3-14-9-10-17(11-15(14)4-2)16-7-5-13(12-18)6-8-16/h5-12H,3-4H2,1-2H3. The van der Waals surface area contributed by atoms with Gasteiger partial charge in [0.05, 0.1) is 0 Å². The van der Waals surface area contributed by atoms with Crippen molar-refractivity contribution in [2.45, 2.75) is 26.7 Å². The molecule has 2 aromatic carbocycles. The van der Waals surface area contributed by atoms with Crippen LogP contribution in [0.4, 0.5) is 0 Å². The molecule has 0 aliphatic carbocycles. The van der Waals surface area contributed by atoms with Gasteiger partial charge < -0.3 is 0 Å². The van der Waals surface area contributed by atoms with Crippen LogP contribution in [-0.2, 0) is 12.8 Å². The van der Waals surface area contributed by atoms with Gasteiger partial charge in [-0.1, -0.05) is 56.3 Å². The van der Waals surface area contributed by atoms with Crippen molar-refractivity contribution in [2.75, 3.05) is 0 Å². The van der Waals surface area contributed by atoms with E-state index in [4.69, 9.17) is 0 Å². The number of hydrogen-bond acceptors (Lipinski definition) is 1. The second-order valence-electron chi connectivity index (χ2n) is 4.43. The van der Waals surface area contributed by atoms with E-state index in [2.05, 4.69) is 32.0 Å². The Morgan fingerprint density at radius 3 is 2.00 bits per heavy atom. The molecule has 0 heterocycles. The molecule has 0 bridgehead atoms. The summed E-state index contributed by atoms with van der Waals surface area (Å²) in [5, 5.41) is 0. The van der Waals surface area contributed by atoms with Crippen molar-refractivity contribution in [3.63, 3.8) is 0 Å². The summed E-state index contributed by atoms with van der Waals surface area (Å²) in [7, 11) is 0. The molecule has 0 fully saturated rings. The zero-order valence-corrected chi connectivity index (χ0v) is 10.9. The Kier molecular flexibility index (Phi) is 3.93. The van der Waals surface area contributed by atoms with E-state index in [1.165, 1.54) is 16.7 Å². The zero-order chi connectivity index (χ0) is 13.0. The van der Waals surface area contributed by atoms with Crippen molar-refractivity contribution in [1.82, 2.24) is 0 Å². The summed E-state index contributed by atoms with van der Waals surface area (Å²) in [6.45, 7) is 4.38. The number of aryl methyl sites for hydroxylation is 2. The molecular formula is C17H18O. The Labute approximate surface area is 108 Å². The van der Waals surface area contributed by atoms with Crippen LogP contribution in [0.25, 0.3) is 11.1 Å². The number of carbonyl (C=O) groups excluding carboxylic acids is 1. The monoisotopic (exact) mass is 238 g/mol. The first kappa shape index (κ1) is 12.6. The summed E-state index contributed by atoms with van der Waals surface area (Å²) in [4.78, 5) is 10.6. The van der Waals surface area contributed by atoms with Crippen LogP contribution in [0.1, 0.15) is 35.3 Å². The van der Waals surface area contributed by atoms with E-state index in [0.29, 0.717) is 0 Å². The third-order valence-electron chi connectivity index (χ3n) is 3.35. The van der Waals surface area contributed by atoms with Gasteiger partial charge in [0.15, 0.2) is 0 Å². The Hall–Kier alpha value is -1.89. The summed E-state index contributed by atoms with van der Waals surface area (Å²) in [6, 6.07) is 14.4. The molecule has 0 aromatic heterocycles. The van der Waals surface area contributed by atoms with Gasteiger partial charge in [-0.05, 0) is 35.1 Å². The number of rotatable bonds is 4. The maximum Gasteiger partial charge on any atom is 0.150 e. The highest BCUT2D eigenvalue weighted by Gasteiger charge is 2.03. The van der Waals surface area contributed by atoms with Gasteiger partial charge in [0, 0.05) is 5.56 Å². The fourth-order valence-electron chi connectivity index (χ4n) is 2.23. The van der Waals surface area contributed by atoms with Gasteiger partial charge in [0.1, 0.15) is 6.29 Å². The quantitative estimate of drug-likeness (QED) is 0.726. The fourth-order valence-corrected chi connectivity index (χ4v) is 2.23. The maximum absolute atomic E-state index is 10.6. The Balaban J connectivity index is 2.40. The van der Waals surface area contributed by atoms with E-state index >= 15 is 0 Å². The zero-order valence-electron chi connectivity index (χ0n) is 10.9. The largest absolute Gasteiger partial charge is 0.298 e. The lowest BCUT2D eigenvalue weighted by Crippen LogP contribution is -1.91. The van der Waals surface area contributed by atoms with Crippen LogP contribution in [0.15, 0.2) is 42.5 Å². The highest BCUT2D eigenvalue weighted by Crippen LogP contribution is 2.23. The highest BCUT2D eigenvalue weighted by molar-refractivity contribution is 5.77. The second kappa shape index (κ2) is 5.63. The van der Waals surface area contributed by atoms with Crippen LogP contribution in [0.5, 0.6) is 0 Å². The minimum Gasteiger partial charge on any atom is -0.298 e. The van der Waals surface area contributed by atoms with Crippen LogP contribution in [0, 0.1) is 0 Å². The number of benzene rings is 2. The molecule has 0 N–H and O–H groups in total. The molecule has 1 heteroatoms. The Morgan fingerprint density at radius 1 is 0.833 bits per heavy atom. The molecule has 2 aromatic rings. The molecule has 0 saturated carbocycles. The molecule has 0 atom stereocenters. The van der Waals surface area contributed by atoms with Crippen LogP contribution >= 0.6 is 0 Å². The van der Waals surface area contributed by atoms with Crippen molar-refractivity contribution in [3.05, 3.63) is 59.2 Å². The third-order valence-corrected chi connectivity index (χ3v) is 3.35. The van der Waals surface area contributed by atoms with Crippen molar-refractivity contribution < 1.29 is 4.79 Å². The van der Waals surface area contributed by atoms with E-state index in [0.717, 1.165) is 30.3 Å². The topological polar surface area (TPSA) is 17.1 Å². The molecule has 0 aliphatic rings. The molecule has 0 radical (unpaired) electrons. The van der Waals surface area contributed by atoms with Crippen molar-refractivity contribution >= 4 is 6.29 Å². The fraction of sp³-hybridized carbons (Fsp3) is 0.235. The van der Waals surface area contributed by atoms with E-state index in [1.807, 2.05) is 24.3 Å². The molecule has 0 unspecified atom stereocenters. The summed E-state index contributed by atoms with van der Waals surface area (Å²) in [5.74, 6) is 0. The van der Waals surface area contributed by atoms with Crippen molar-refractivity contribution in [2.24, 2.45) is 0 Å². The lowest BCUT2D eigenvalue weighted by atomic mass is 9.96. The van der Waals surface area contributed by atoms with E-state index in [-0.39, 0.29) is 0 Å². The molecular weight excluding hydrogens is 220 g/mol. The lowest BCUT2D eigenvalue weighted by molar-refractivity contribution is 0.112. The minimum atomic E-state index is 0.722. The smallest absolute Gasteiger partial charge is 0.150 e. The van der Waals surface area contributed by atoms with Gasteiger partial charge in [-0.2, -0.15) is 0 Å². The van der Waals surface area contributed by atoms with Crippen LogP contribution in [0.3, 0.4) is 0 Å². The molecule has 18 heavy (non-hydrogen) atoms. The lowest BCUT2D eigenvalue weighted by Gasteiger charge is -2.09. The van der Waals surface area contributed by atoms with Gasteiger partial charge in [-0.25, -0.2) is 0 Å². The first-order valence-electron chi connectivity index (χ1n) is 6.46. The summed E-state index contributed by atoms with van der Waals surface area (Å²) < 4.78 is 0. The Bertz CT molecular complexity index is 538. The normalized spacial score (nSPS) is 10.3. The summed E-state index contributed by atoms with van der Waals surface area (Å²) in [6.07, 6.45) is 3.01. The summed E-state index contributed by atoms with van der Waals surface area (Å²) >= 11 is 0. The van der Waals surface area contributed by atoms with Gasteiger partial charge in [0.2, 0.25) is 0 Å². The molecule has 0 saturated heterocycles. The number of carbonyl (C=O) groups is 1. The summed E-state index contributed by atoms with van der Waals surface area (Å²) in [5.41, 5.74) is 5.94. The predicted molar refractivity (Wildman–Crippen MR) is 76.0 cm³/mol. The van der Waals surface area contributed by atoms with Crippen molar-refractivity contribution in [3.8, 4) is 11.1 Å². The molecule has 0 spiro atoms. The number of aldehydes is 1. The second-order valence-corrected chi connectivity index (χ2v) is 4.43. The van der Waals surface area contributed by atoms with Gasteiger partial charge in [0.25, 0.3) is 0 Å². The first-order chi connectivity index (χ1) is 8.78. The van der Waals surface area contributed by atoms with Gasteiger partial charge >= 0.3 is 0 Å². The van der Waals surface area contributed by atoms with E-state index in [9.17, 15) is 4.79 Å². The third kappa shape index (κ3) is 2.51. The highest BCUT2D eigenvalue weighted by atomic mass is 16.1. The molecule has 0 amide bonds. The van der Waals surface area contributed by atoms with Crippen LogP contribution < -0.4 is 0 Å². The maximum atomic E-state index is 10.6. The number of hydrogen-bond donors (Lipinski definition) is 0. The molecule has 92 valence electrons. The Morgan fingerprint density at radius 2 is 1.44 bits per heavy atom. The van der Waals surface area contributed by atoms with Gasteiger partial charge in [-0.3, -0.25) is 4.79 Å². The van der Waals surface area contributed by atoms with E-state index < -0.39 is 0 Å². The first-order valence-corrected chi connectivity index (χ1v) is 6.46. The minimum absolute atomic E-state index is 0.722. The molecule has 0 aliphatic heterocycles. The molecule has 2 rings (SSSR count). The van der Waals surface area contributed by atoms with Crippen LogP contribution in [-0.4, -0.2) is 6.29 Å². The predicted octanol–water partition coefficient (Wildman–Crippen LogP) is 4.29. The molecule has 1 nitrogen and oxygen atoms in total. The van der Waals surface area contributed by atoms with Crippen molar-refractivity contribution in [1.29, 1.82) is 0 Å². The SMILES string of the molecule is CCc1ccc(-c2ccc(C=O)cc2)cc1CC. The van der Waals surface area contributed by atoms with Gasteiger partial charge in [-0.15, -0.1) is 0 Å².